The number of carboxylic acids is 1. The first-order valence-corrected chi connectivity index (χ1v) is 7.45. The van der Waals surface area contributed by atoms with Crippen LogP contribution in [0.5, 0.6) is 0 Å². The van der Waals surface area contributed by atoms with Crippen LogP contribution in [0.15, 0.2) is 12.1 Å². The SMILES string of the molecule is CSCC[C@H](NC(=O)c1nc(Cl)ccc1Cl)C(=O)O. The van der Waals surface area contributed by atoms with Gasteiger partial charge >= 0.3 is 5.97 Å². The zero-order valence-electron chi connectivity index (χ0n) is 10.0. The smallest absolute Gasteiger partial charge is 0.326 e. The molecule has 0 radical (unpaired) electrons. The van der Waals surface area contributed by atoms with Crippen molar-refractivity contribution >= 4 is 46.8 Å². The Kier molecular flexibility index (Phi) is 6.41. The zero-order chi connectivity index (χ0) is 14.4. The van der Waals surface area contributed by atoms with Gasteiger partial charge in [-0.05, 0) is 30.6 Å². The Labute approximate surface area is 124 Å². The van der Waals surface area contributed by atoms with Crippen LogP contribution in [0, 0.1) is 0 Å². The summed E-state index contributed by atoms with van der Waals surface area (Å²) in [5.41, 5.74) is -0.0791. The quantitative estimate of drug-likeness (QED) is 0.786. The number of nitrogens with one attached hydrogen (secondary N) is 1. The summed E-state index contributed by atoms with van der Waals surface area (Å²) in [5, 5.41) is 11.6. The van der Waals surface area contributed by atoms with Crippen molar-refractivity contribution in [3.8, 4) is 0 Å². The van der Waals surface area contributed by atoms with Gasteiger partial charge in [-0.1, -0.05) is 23.2 Å². The standard InChI is InChI=1S/C11H12Cl2N2O3S/c1-19-5-4-7(11(17)18)14-10(16)9-6(12)2-3-8(13)15-9/h2-3,7H,4-5H2,1H3,(H,14,16)(H,17,18)/t7-/m0/s1. The minimum atomic E-state index is -1.10. The van der Waals surface area contributed by atoms with Gasteiger partial charge in [0, 0.05) is 0 Å². The first-order chi connectivity index (χ1) is 8.95. The molecular formula is C11H12Cl2N2O3S. The van der Waals surface area contributed by atoms with Gasteiger partial charge in [0.05, 0.1) is 5.02 Å². The van der Waals surface area contributed by atoms with Gasteiger partial charge in [-0.25, -0.2) is 9.78 Å². The molecule has 2 N–H and O–H groups in total. The summed E-state index contributed by atoms with van der Waals surface area (Å²) < 4.78 is 0. The molecule has 0 saturated heterocycles. The van der Waals surface area contributed by atoms with E-state index in [9.17, 15) is 9.59 Å². The van der Waals surface area contributed by atoms with E-state index in [-0.39, 0.29) is 15.9 Å². The highest BCUT2D eigenvalue weighted by Crippen LogP contribution is 2.17. The molecule has 0 saturated carbocycles. The van der Waals surface area contributed by atoms with Crippen LogP contribution >= 0.6 is 35.0 Å². The molecule has 1 heterocycles. The van der Waals surface area contributed by atoms with Crippen molar-refractivity contribution in [1.29, 1.82) is 0 Å². The van der Waals surface area contributed by atoms with E-state index in [1.807, 2.05) is 6.26 Å². The fraction of sp³-hybridized carbons (Fsp3) is 0.364. The number of hydrogen-bond acceptors (Lipinski definition) is 4. The van der Waals surface area contributed by atoms with Gasteiger partial charge in [-0.3, -0.25) is 4.79 Å². The number of aliphatic carboxylic acids is 1. The van der Waals surface area contributed by atoms with E-state index < -0.39 is 17.9 Å². The van der Waals surface area contributed by atoms with E-state index >= 15 is 0 Å². The molecule has 0 aromatic carbocycles. The van der Waals surface area contributed by atoms with Crippen LogP contribution in [0.1, 0.15) is 16.9 Å². The molecule has 0 aliphatic carbocycles. The molecule has 0 spiro atoms. The Balaban J connectivity index is 2.81. The van der Waals surface area contributed by atoms with Crippen LogP contribution in [0.2, 0.25) is 10.2 Å². The fourth-order valence-corrected chi connectivity index (χ4v) is 2.11. The summed E-state index contributed by atoms with van der Waals surface area (Å²) in [4.78, 5) is 26.7. The van der Waals surface area contributed by atoms with E-state index in [2.05, 4.69) is 10.3 Å². The molecule has 1 rings (SSSR count). The number of carboxylic acid groups (broad SMARTS) is 1. The molecule has 1 aromatic heterocycles. The number of nitrogens with zero attached hydrogens (tertiary/aromatic N) is 1. The van der Waals surface area contributed by atoms with Gasteiger partial charge in [-0.15, -0.1) is 0 Å². The molecule has 1 amide bonds. The molecule has 5 nitrogen and oxygen atoms in total. The lowest BCUT2D eigenvalue weighted by molar-refractivity contribution is -0.139. The maximum absolute atomic E-state index is 11.9. The van der Waals surface area contributed by atoms with Crippen LogP contribution in [0.25, 0.3) is 0 Å². The third-order valence-corrected chi connectivity index (χ3v) is 3.40. The number of halogens is 2. The van der Waals surface area contributed by atoms with Crippen molar-refractivity contribution in [2.24, 2.45) is 0 Å². The molecular weight excluding hydrogens is 311 g/mol. The van der Waals surface area contributed by atoms with Gasteiger partial charge in [0.1, 0.15) is 16.9 Å². The van der Waals surface area contributed by atoms with Crippen LogP contribution in [0.3, 0.4) is 0 Å². The van der Waals surface area contributed by atoms with Gasteiger partial charge in [0.2, 0.25) is 0 Å². The monoisotopic (exact) mass is 322 g/mol. The third kappa shape index (κ3) is 4.89. The van der Waals surface area contributed by atoms with Gasteiger partial charge in [-0.2, -0.15) is 11.8 Å². The predicted molar refractivity (Wildman–Crippen MR) is 76.1 cm³/mol. The number of hydrogen-bond donors (Lipinski definition) is 2. The van der Waals surface area contributed by atoms with E-state index in [1.54, 1.807) is 0 Å². The number of pyridine rings is 1. The molecule has 104 valence electrons. The summed E-state index contributed by atoms with van der Waals surface area (Å²) in [7, 11) is 0. The van der Waals surface area contributed by atoms with Gasteiger partial charge in [0.25, 0.3) is 5.91 Å². The molecule has 0 fully saturated rings. The van der Waals surface area contributed by atoms with Gasteiger partial charge in [0.15, 0.2) is 0 Å². The second-order valence-electron chi connectivity index (χ2n) is 3.61. The summed E-state index contributed by atoms with van der Waals surface area (Å²) in [6, 6.07) is 1.91. The number of thioether (sulfide) groups is 1. The van der Waals surface area contributed by atoms with Crippen LogP contribution in [0.4, 0.5) is 0 Å². The normalized spacial score (nSPS) is 11.9. The summed E-state index contributed by atoms with van der Waals surface area (Å²) in [6.45, 7) is 0. The molecule has 8 heteroatoms. The van der Waals surface area contributed by atoms with Crippen LogP contribution in [-0.4, -0.2) is 40.0 Å². The molecule has 0 aliphatic rings. The van der Waals surface area contributed by atoms with Gasteiger partial charge < -0.3 is 10.4 Å². The number of carbonyl (C=O) groups is 2. The van der Waals surface area contributed by atoms with Crippen molar-refractivity contribution < 1.29 is 14.7 Å². The number of rotatable bonds is 6. The lowest BCUT2D eigenvalue weighted by Gasteiger charge is -2.14. The highest BCUT2D eigenvalue weighted by Gasteiger charge is 2.22. The number of amides is 1. The van der Waals surface area contributed by atoms with Crippen molar-refractivity contribution in [1.82, 2.24) is 10.3 Å². The fourth-order valence-electron chi connectivity index (χ4n) is 1.30. The van der Waals surface area contributed by atoms with Crippen LogP contribution in [-0.2, 0) is 4.79 Å². The highest BCUT2D eigenvalue weighted by molar-refractivity contribution is 7.98. The number of carbonyl (C=O) groups excluding carboxylic acids is 1. The number of aromatic nitrogens is 1. The second-order valence-corrected chi connectivity index (χ2v) is 5.39. The average Bonchev–Trinajstić information content (AvgIpc) is 2.36. The van der Waals surface area contributed by atoms with E-state index in [0.29, 0.717) is 12.2 Å². The molecule has 0 aliphatic heterocycles. The Hall–Kier alpha value is -0.980. The second kappa shape index (κ2) is 7.57. The lowest BCUT2D eigenvalue weighted by Crippen LogP contribution is -2.41. The molecule has 1 aromatic rings. The van der Waals surface area contributed by atoms with Crippen molar-refractivity contribution in [3.05, 3.63) is 28.0 Å². The van der Waals surface area contributed by atoms with E-state index in [4.69, 9.17) is 28.3 Å². The first kappa shape index (κ1) is 16.1. The first-order valence-electron chi connectivity index (χ1n) is 5.30. The average molecular weight is 323 g/mol. The van der Waals surface area contributed by atoms with E-state index in [0.717, 1.165) is 0 Å². The van der Waals surface area contributed by atoms with Crippen molar-refractivity contribution in [2.75, 3.05) is 12.0 Å². The Morgan fingerprint density at radius 1 is 1.47 bits per heavy atom. The zero-order valence-corrected chi connectivity index (χ0v) is 12.3. The third-order valence-electron chi connectivity index (χ3n) is 2.24. The minimum Gasteiger partial charge on any atom is -0.480 e. The van der Waals surface area contributed by atoms with Crippen LogP contribution < -0.4 is 5.32 Å². The molecule has 19 heavy (non-hydrogen) atoms. The summed E-state index contributed by atoms with van der Waals surface area (Å²) in [6.07, 6.45) is 2.18. The molecule has 0 unspecified atom stereocenters. The Morgan fingerprint density at radius 2 is 2.16 bits per heavy atom. The summed E-state index contributed by atoms with van der Waals surface area (Å²) in [5.74, 6) is -1.13. The minimum absolute atomic E-state index is 0.0791. The lowest BCUT2D eigenvalue weighted by atomic mass is 10.2. The maximum Gasteiger partial charge on any atom is 0.326 e. The van der Waals surface area contributed by atoms with Crippen molar-refractivity contribution in [2.45, 2.75) is 12.5 Å². The maximum atomic E-state index is 11.9. The molecule has 0 bridgehead atoms. The topological polar surface area (TPSA) is 79.3 Å². The van der Waals surface area contributed by atoms with Crippen molar-refractivity contribution in [3.63, 3.8) is 0 Å². The molecule has 1 atom stereocenters. The highest BCUT2D eigenvalue weighted by atomic mass is 35.5. The Bertz CT molecular complexity index is 485. The summed E-state index contributed by atoms with van der Waals surface area (Å²) >= 11 is 13.0. The predicted octanol–water partition coefficient (Wildman–Crippen LogP) is 2.32. The van der Waals surface area contributed by atoms with E-state index in [1.165, 1.54) is 23.9 Å². The largest absolute Gasteiger partial charge is 0.480 e. The Morgan fingerprint density at radius 3 is 2.74 bits per heavy atom.